The van der Waals surface area contributed by atoms with Crippen molar-refractivity contribution in [1.29, 1.82) is 0 Å². The van der Waals surface area contributed by atoms with E-state index in [9.17, 15) is 9.59 Å². The second kappa shape index (κ2) is 7.68. The van der Waals surface area contributed by atoms with Crippen molar-refractivity contribution in [2.75, 3.05) is 7.11 Å². The smallest absolute Gasteiger partial charge is 0.346 e. The second-order valence-corrected chi connectivity index (χ2v) is 6.75. The van der Waals surface area contributed by atoms with Gasteiger partial charge in [0.15, 0.2) is 6.10 Å². The zero-order chi connectivity index (χ0) is 19.8. The molecule has 26 heavy (non-hydrogen) atoms. The van der Waals surface area contributed by atoms with Crippen molar-refractivity contribution in [3.8, 4) is 5.88 Å². The molecule has 0 spiro atoms. The molecule has 0 N–H and O–H groups in total. The largest absolute Gasteiger partial charge is 0.466 e. The summed E-state index contributed by atoms with van der Waals surface area (Å²) in [5.41, 5.74) is 2.38. The number of benzene rings is 1. The van der Waals surface area contributed by atoms with Crippen LogP contribution in [-0.4, -0.2) is 34.7 Å². The fourth-order valence-corrected chi connectivity index (χ4v) is 3.08. The Labute approximate surface area is 162 Å². The summed E-state index contributed by atoms with van der Waals surface area (Å²) in [6, 6.07) is 1.64. The number of halogens is 2. The minimum atomic E-state index is -0.898. The summed E-state index contributed by atoms with van der Waals surface area (Å²) in [6.07, 6.45) is -0.898. The normalized spacial score (nSPS) is 12.0. The van der Waals surface area contributed by atoms with Gasteiger partial charge < -0.3 is 9.47 Å². The second-order valence-electron chi connectivity index (χ2n) is 6.00. The van der Waals surface area contributed by atoms with Crippen molar-refractivity contribution in [3.63, 3.8) is 0 Å². The minimum Gasteiger partial charge on any atom is -0.466 e. The molecule has 0 aliphatic rings. The highest BCUT2D eigenvalue weighted by molar-refractivity contribution is 6.39. The number of aryl methyl sites for hydroxylation is 3. The highest BCUT2D eigenvalue weighted by atomic mass is 35.5. The maximum atomic E-state index is 13.2. The van der Waals surface area contributed by atoms with Gasteiger partial charge in [0.1, 0.15) is 5.56 Å². The van der Waals surface area contributed by atoms with Crippen molar-refractivity contribution in [3.05, 3.63) is 44.1 Å². The van der Waals surface area contributed by atoms with Crippen LogP contribution in [0.5, 0.6) is 5.88 Å². The van der Waals surface area contributed by atoms with Gasteiger partial charge in [-0.05, 0) is 44.9 Å². The predicted octanol–water partition coefficient (Wildman–Crippen LogP) is 3.82. The van der Waals surface area contributed by atoms with E-state index >= 15 is 0 Å². The first-order chi connectivity index (χ1) is 12.1. The van der Waals surface area contributed by atoms with Crippen LogP contribution in [0, 0.1) is 20.8 Å². The summed E-state index contributed by atoms with van der Waals surface area (Å²) in [5, 5.41) is 5.03. The van der Waals surface area contributed by atoms with E-state index in [1.165, 1.54) is 18.7 Å². The van der Waals surface area contributed by atoms with Crippen LogP contribution in [0.2, 0.25) is 10.0 Å². The van der Waals surface area contributed by atoms with Crippen molar-refractivity contribution in [1.82, 2.24) is 9.78 Å². The predicted molar refractivity (Wildman–Crippen MR) is 99.4 cm³/mol. The summed E-state index contributed by atoms with van der Waals surface area (Å²) >= 11 is 12.6. The summed E-state index contributed by atoms with van der Waals surface area (Å²) < 4.78 is 11.7. The van der Waals surface area contributed by atoms with Gasteiger partial charge in [0, 0.05) is 17.6 Å². The molecule has 0 amide bonds. The molecular weight excluding hydrogens is 379 g/mol. The van der Waals surface area contributed by atoms with E-state index in [-0.39, 0.29) is 22.2 Å². The van der Waals surface area contributed by atoms with Crippen LogP contribution in [0.1, 0.15) is 39.7 Å². The highest BCUT2D eigenvalue weighted by Crippen LogP contribution is 2.34. The molecule has 0 saturated heterocycles. The van der Waals surface area contributed by atoms with Crippen LogP contribution in [0.15, 0.2) is 6.07 Å². The topological polar surface area (TPSA) is 70.4 Å². The molecule has 1 heterocycles. The lowest BCUT2D eigenvalue weighted by atomic mass is 9.99. The number of ketones is 1. The van der Waals surface area contributed by atoms with Crippen molar-refractivity contribution in [2.45, 2.75) is 33.8 Å². The van der Waals surface area contributed by atoms with Gasteiger partial charge in [-0.25, -0.2) is 9.48 Å². The van der Waals surface area contributed by atoms with E-state index in [2.05, 4.69) is 9.84 Å². The lowest BCUT2D eigenvalue weighted by Gasteiger charge is -2.15. The molecule has 1 atom stereocenters. The van der Waals surface area contributed by atoms with Gasteiger partial charge in [0.2, 0.25) is 11.7 Å². The molecular formula is C18H20Cl2N2O4. The third-order valence-corrected chi connectivity index (χ3v) is 5.13. The van der Waals surface area contributed by atoms with Gasteiger partial charge in [0.05, 0.1) is 17.8 Å². The average molecular weight is 399 g/mol. The molecule has 2 rings (SSSR count). The van der Waals surface area contributed by atoms with Gasteiger partial charge in [-0.2, -0.15) is 5.10 Å². The maximum Gasteiger partial charge on any atom is 0.346 e. The van der Waals surface area contributed by atoms with E-state index in [0.717, 1.165) is 5.56 Å². The molecule has 0 bridgehead atoms. The lowest BCUT2D eigenvalue weighted by Crippen LogP contribution is -2.26. The summed E-state index contributed by atoms with van der Waals surface area (Å²) in [5.74, 6) is -0.735. The third-order valence-electron chi connectivity index (χ3n) is 4.06. The quantitative estimate of drug-likeness (QED) is 0.565. The number of hydrogen-bond donors (Lipinski definition) is 0. The summed E-state index contributed by atoms with van der Waals surface area (Å²) in [7, 11) is 2.89. The monoisotopic (exact) mass is 398 g/mol. The molecule has 140 valence electrons. The van der Waals surface area contributed by atoms with Crippen molar-refractivity contribution >= 4 is 35.0 Å². The van der Waals surface area contributed by atoms with E-state index < -0.39 is 12.1 Å². The zero-order valence-electron chi connectivity index (χ0n) is 15.4. The molecule has 6 nitrogen and oxygen atoms in total. The van der Waals surface area contributed by atoms with Gasteiger partial charge in [-0.1, -0.05) is 23.2 Å². The first kappa shape index (κ1) is 20.3. The standard InChI is InChI=1S/C18H20Cl2N2O4/c1-8-7-12(15(20)9(2)14(8)19)16(23)13-10(3)21-22(5)17(13)26-11(4)18(24)25-6/h7,11H,1-6H3. The number of nitrogens with zero attached hydrogens (tertiary/aromatic N) is 2. The Bertz CT molecular complexity index is 890. The summed E-state index contributed by atoms with van der Waals surface area (Å²) in [6.45, 7) is 6.77. The Morgan fingerprint density at radius 2 is 1.81 bits per heavy atom. The van der Waals surface area contributed by atoms with Crippen LogP contribution < -0.4 is 4.74 Å². The Hall–Kier alpha value is -2.05. The first-order valence-electron chi connectivity index (χ1n) is 7.88. The van der Waals surface area contributed by atoms with E-state index in [1.807, 2.05) is 0 Å². The number of carbonyl (C=O) groups excluding carboxylic acids is 2. The Morgan fingerprint density at radius 1 is 1.19 bits per heavy atom. The fraction of sp³-hybridized carbons (Fsp3) is 0.389. The van der Waals surface area contributed by atoms with Gasteiger partial charge in [-0.3, -0.25) is 4.79 Å². The average Bonchev–Trinajstić information content (AvgIpc) is 2.88. The SMILES string of the molecule is COC(=O)C(C)Oc1c(C(=O)c2cc(C)c(Cl)c(C)c2Cl)c(C)nn1C. The van der Waals surface area contributed by atoms with E-state index in [4.69, 9.17) is 27.9 Å². The molecule has 1 unspecified atom stereocenters. The molecule has 0 aliphatic carbocycles. The molecule has 0 fully saturated rings. The molecule has 1 aromatic carbocycles. The van der Waals surface area contributed by atoms with E-state index in [1.54, 1.807) is 33.9 Å². The first-order valence-corrected chi connectivity index (χ1v) is 8.63. The Balaban J connectivity index is 2.56. The van der Waals surface area contributed by atoms with Gasteiger partial charge in [-0.15, -0.1) is 0 Å². The van der Waals surface area contributed by atoms with Crippen LogP contribution in [0.25, 0.3) is 0 Å². The number of carbonyl (C=O) groups is 2. The van der Waals surface area contributed by atoms with Crippen molar-refractivity contribution in [2.24, 2.45) is 7.05 Å². The summed E-state index contributed by atoms with van der Waals surface area (Å²) in [4.78, 5) is 24.9. The van der Waals surface area contributed by atoms with Crippen LogP contribution in [0.4, 0.5) is 0 Å². The lowest BCUT2D eigenvalue weighted by molar-refractivity contribution is -0.148. The number of hydrogen-bond acceptors (Lipinski definition) is 5. The minimum absolute atomic E-state index is 0.173. The molecule has 8 heteroatoms. The highest BCUT2D eigenvalue weighted by Gasteiger charge is 2.28. The van der Waals surface area contributed by atoms with E-state index in [0.29, 0.717) is 21.8 Å². The number of ether oxygens (including phenoxy) is 2. The molecule has 2 aromatic rings. The fourth-order valence-electron chi connectivity index (χ4n) is 2.65. The molecule has 0 aliphatic heterocycles. The number of esters is 1. The van der Waals surface area contributed by atoms with Gasteiger partial charge in [0.25, 0.3) is 0 Å². The Morgan fingerprint density at radius 3 is 2.38 bits per heavy atom. The Kier molecular flexibility index (Phi) is 5.98. The molecule has 0 saturated carbocycles. The number of rotatable bonds is 5. The number of methoxy groups -OCH3 is 1. The zero-order valence-corrected chi connectivity index (χ0v) is 16.9. The maximum absolute atomic E-state index is 13.2. The molecule has 1 aromatic heterocycles. The third kappa shape index (κ3) is 3.57. The van der Waals surface area contributed by atoms with Crippen LogP contribution >= 0.6 is 23.2 Å². The number of aromatic nitrogens is 2. The van der Waals surface area contributed by atoms with Crippen LogP contribution in [0.3, 0.4) is 0 Å². The molecule has 0 radical (unpaired) electrons. The van der Waals surface area contributed by atoms with Crippen LogP contribution in [-0.2, 0) is 16.6 Å². The van der Waals surface area contributed by atoms with Gasteiger partial charge >= 0.3 is 5.97 Å². The van der Waals surface area contributed by atoms with Crippen molar-refractivity contribution < 1.29 is 19.1 Å².